The lowest BCUT2D eigenvalue weighted by Crippen LogP contribution is -2.26. The fourth-order valence-corrected chi connectivity index (χ4v) is 3.86. The van der Waals surface area contributed by atoms with E-state index < -0.39 is 0 Å². The number of aryl methyl sites for hydroxylation is 1. The second-order valence-corrected chi connectivity index (χ2v) is 6.75. The minimum atomic E-state index is -0.332. The van der Waals surface area contributed by atoms with Gasteiger partial charge in [0, 0.05) is 12.5 Å². The van der Waals surface area contributed by atoms with Crippen LogP contribution in [0.2, 0.25) is 0 Å². The first-order valence-corrected chi connectivity index (χ1v) is 9.26. The second-order valence-electron chi connectivity index (χ2n) is 6.75. The first-order valence-electron chi connectivity index (χ1n) is 9.26. The Kier molecular flexibility index (Phi) is 7.28. The predicted molar refractivity (Wildman–Crippen MR) is 113 cm³/mol. The van der Waals surface area contributed by atoms with Gasteiger partial charge in [-0.05, 0) is 47.7 Å². The van der Waals surface area contributed by atoms with Crippen LogP contribution in [0.4, 0.5) is 0 Å². The summed E-state index contributed by atoms with van der Waals surface area (Å²) in [6.45, 7) is 1.46. The van der Waals surface area contributed by atoms with Crippen LogP contribution in [0.3, 0.4) is 0 Å². The summed E-state index contributed by atoms with van der Waals surface area (Å²) in [6.07, 6.45) is 1.27. The number of carbonyl (C=O) groups is 1. The summed E-state index contributed by atoms with van der Waals surface area (Å²) >= 11 is 0. The molecular formula is C22H27NO7. The summed E-state index contributed by atoms with van der Waals surface area (Å²) in [7, 11) is 6.14. The highest BCUT2D eigenvalue weighted by Gasteiger charge is 2.29. The third-order valence-corrected chi connectivity index (χ3v) is 5.10. The molecule has 3 rings (SSSR count). The molecule has 1 aliphatic carbocycles. The van der Waals surface area contributed by atoms with Gasteiger partial charge in [-0.25, -0.2) is 0 Å². The lowest BCUT2D eigenvalue weighted by molar-refractivity contribution is -0.119. The number of fused-ring (bicyclic) bond motifs is 3. The molecular weight excluding hydrogens is 390 g/mol. The van der Waals surface area contributed by atoms with E-state index in [2.05, 4.69) is 5.32 Å². The minimum absolute atomic E-state index is 0. The number of nitrogens with one attached hydrogen (secondary N) is 1. The van der Waals surface area contributed by atoms with Gasteiger partial charge < -0.3 is 29.7 Å². The minimum Gasteiger partial charge on any atom is -0.493 e. The van der Waals surface area contributed by atoms with E-state index in [1.54, 1.807) is 27.4 Å². The lowest BCUT2D eigenvalue weighted by atomic mass is 9.95. The second kappa shape index (κ2) is 9.49. The summed E-state index contributed by atoms with van der Waals surface area (Å²) < 4.78 is 22.0. The Bertz CT molecular complexity index is 1000. The number of hydrogen-bond acceptors (Lipinski definition) is 6. The van der Waals surface area contributed by atoms with E-state index in [0.29, 0.717) is 35.7 Å². The molecule has 1 atom stereocenters. The molecule has 0 heterocycles. The fraction of sp³-hybridized carbons (Fsp3) is 0.364. The van der Waals surface area contributed by atoms with Gasteiger partial charge in [-0.15, -0.1) is 0 Å². The molecule has 0 radical (unpaired) electrons. The summed E-state index contributed by atoms with van der Waals surface area (Å²) in [5, 5.41) is 2.96. The number of benzene rings is 1. The smallest absolute Gasteiger partial charge is 0.220 e. The van der Waals surface area contributed by atoms with Crippen LogP contribution in [0.1, 0.15) is 30.5 Å². The van der Waals surface area contributed by atoms with Crippen molar-refractivity contribution in [3.05, 3.63) is 45.6 Å². The molecule has 0 fully saturated rings. The molecule has 2 aromatic carbocycles. The Labute approximate surface area is 175 Å². The molecule has 0 aliphatic heterocycles. The highest BCUT2D eigenvalue weighted by atomic mass is 16.5. The third kappa shape index (κ3) is 4.04. The topological polar surface area (TPSA) is 115 Å². The summed E-state index contributed by atoms with van der Waals surface area (Å²) in [5.41, 5.74) is 3.01. The average molecular weight is 417 g/mol. The zero-order valence-electron chi connectivity index (χ0n) is 17.8. The number of hydrogen-bond donors (Lipinski definition) is 1. The quantitative estimate of drug-likeness (QED) is 0.796. The monoisotopic (exact) mass is 417 g/mol. The van der Waals surface area contributed by atoms with E-state index in [0.717, 1.165) is 16.7 Å². The Morgan fingerprint density at radius 2 is 1.63 bits per heavy atom. The molecule has 8 nitrogen and oxygen atoms in total. The van der Waals surface area contributed by atoms with Gasteiger partial charge >= 0.3 is 0 Å². The highest BCUT2D eigenvalue weighted by molar-refractivity contribution is 5.83. The van der Waals surface area contributed by atoms with Crippen LogP contribution in [-0.2, 0) is 11.2 Å². The van der Waals surface area contributed by atoms with E-state index in [9.17, 15) is 9.59 Å². The Morgan fingerprint density at radius 1 is 0.967 bits per heavy atom. The van der Waals surface area contributed by atoms with Gasteiger partial charge in [0.1, 0.15) is 0 Å². The molecule has 8 heteroatoms. The van der Waals surface area contributed by atoms with E-state index in [1.807, 2.05) is 12.1 Å². The van der Waals surface area contributed by atoms with Crippen molar-refractivity contribution in [3.63, 3.8) is 0 Å². The van der Waals surface area contributed by atoms with Crippen LogP contribution in [-0.4, -0.2) is 39.8 Å². The van der Waals surface area contributed by atoms with Crippen molar-refractivity contribution in [1.82, 2.24) is 5.32 Å². The maximum atomic E-state index is 12.6. The summed E-state index contributed by atoms with van der Waals surface area (Å²) in [4.78, 5) is 24.5. The molecule has 0 aromatic heterocycles. The number of ether oxygens (including phenoxy) is 4. The van der Waals surface area contributed by atoms with Gasteiger partial charge in [0.05, 0.1) is 34.5 Å². The molecule has 3 N–H and O–H groups in total. The van der Waals surface area contributed by atoms with Crippen LogP contribution >= 0.6 is 0 Å². The Hall–Kier alpha value is -3.26. The number of amides is 1. The van der Waals surface area contributed by atoms with Crippen LogP contribution in [0.15, 0.2) is 29.1 Å². The Morgan fingerprint density at radius 3 is 2.20 bits per heavy atom. The van der Waals surface area contributed by atoms with Crippen molar-refractivity contribution >= 4 is 5.91 Å². The molecule has 0 saturated heterocycles. The molecule has 2 aromatic rings. The summed E-state index contributed by atoms with van der Waals surface area (Å²) in [6, 6.07) is 6.57. The standard InChI is InChI=1S/C22H25NO6.H2O/c1-12(24)23-16-8-6-13-10-19(27-3)21(28-4)22(29-5)20(13)14-7-9-18(26-2)17(25)11-15(14)16;/h7,9-11,16H,6,8H2,1-5H3,(H,23,24);1H2/t16-;/m0./s1. The fourth-order valence-electron chi connectivity index (χ4n) is 3.86. The molecule has 0 unspecified atom stereocenters. The van der Waals surface area contributed by atoms with Crippen LogP contribution in [0.5, 0.6) is 23.0 Å². The molecule has 1 amide bonds. The van der Waals surface area contributed by atoms with Crippen molar-refractivity contribution in [1.29, 1.82) is 0 Å². The predicted octanol–water partition coefficient (Wildman–Crippen LogP) is 2.05. The van der Waals surface area contributed by atoms with Crippen molar-refractivity contribution in [2.24, 2.45) is 0 Å². The van der Waals surface area contributed by atoms with Gasteiger partial charge in [0.15, 0.2) is 17.2 Å². The van der Waals surface area contributed by atoms with Crippen molar-refractivity contribution in [2.45, 2.75) is 25.8 Å². The zero-order valence-corrected chi connectivity index (χ0v) is 17.8. The van der Waals surface area contributed by atoms with Gasteiger partial charge in [-0.3, -0.25) is 9.59 Å². The maximum Gasteiger partial charge on any atom is 0.220 e. The van der Waals surface area contributed by atoms with Crippen LogP contribution in [0, 0.1) is 0 Å². The first kappa shape index (κ1) is 23.0. The number of carbonyl (C=O) groups excluding carboxylic acids is 1. The Balaban J connectivity index is 0.00000320. The van der Waals surface area contributed by atoms with Gasteiger partial charge in [0.2, 0.25) is 17.1 Å². The van der Waals surface area contributed by atoms with Crippen molar-refractivity contribution in [2.75, 3.05) is 28.4 Å². The molecule has 162 valence electrons. The maximum absolute atomic E-state index is 12.6. The van der Waals surface area contributed by atoms with Gasteiger partial charge in [-0.2, -0.15) is 0 Å². The SMILES string of the molecule is COc1cc2c(c(OC)c1OC)-c1ccc(OC)c(=O)cc1[C@@H](NC(C)=O)CC2.O. The van der Waals surface area contributed by atoms with Crippen LogP contribution in [0.25, 0.3) is 11.1 Å². The molecule has 1 aliphatic rings. The molecule has 30 heavy (non-hydrogen) atoms. The zero-order chi connectivity index (χ0) is 21.1. The van der Waals surface area contributed by atoms with E-state index in [4.69, 9.17) is 18.9 Å². The van der Waals surface area contributed by atoms with Gasteiger partial charge in [-0.1, -0.05) is 6.07 Å². The normalized spacial score (nSPS) is 14.2. The van der Waals surface area contributed by atoms with E-state index in [-0.39, 0.29) is 28.6 Å². The lowest BCUT2D eigenvalue weighted by Gasteiger charge is -2.19. The van der Waals surface area contributed by atoms with Crippen molar-refractivity contribution in [3.8, 4) is 34.1 Å². The number of methoxy groups -OCH3 is 4. The van der Waals surface area contributed by atoms with Crippen LogP contribution < -0.4 is 29.7 Å². The van der Waals surface area contributed by atoms with Crippen molar-refractivity contribution < 1.29 is 29.2 Å². The summed E-state index contributed by atoms with van der Waals surface area (Å²) in [5.74, 6) is 1.60. The third-order valence-electron chi connectivity index (χ3n) is 5.10. The largest absolute Gasteiger partial charge is 0.493 e. The average Bonchev–Trinajstić information content (AvgIpc) is 2.95. The first-order chi connectivity index (χ1) is 13.9. The van der Waals surface area contributed by atoms with Gasteiger partial charge in [0.25, 0.3) is 0 Å². The highest BCUT2D eigenvalue weighted by Crippen LogP contribution is 2.50. The number of rotatable bonds is 5. The molecule has 0 saturated carbocycles. The molecule has 0 spiro atoms. The molecule has 0 bridgehead atoms. The van der Waals surface area contributed by atoms with E-state index in [1.165, 1.54) is 20.1 Å². The van der Waals surface area contributed by atoms with E-state index >= 15 is 0 Å².